The first kappa shape index (κ1) is 14.3. The second-order valence-electron chi connectivity index (χ2n) is 4.06. The Balaban J connectivity index is 2.92. The molecule has 1 rings (SSSR count). The van der Waals surface area contributed by atoms with Gasteiger partial charge in [-0.25, -0.2) is 0 Å². The van der Waals surface area contributed by atoms with Gasteiger partial charge in [-0.15, -0.1) is 0 Å². The summed E-state index contributed by atoms with van der Waals surface area (Å²) in [5.41, 5.74) is 7.21. The Labute approximate surface area is 108 Å². The molecule has 5 nitrogen and oxygen atoms in total. The number of hydrogen-bond donors (Lipinski definition) is 2. The van der Waals surface area contributed by atoms with E-state index in [0.717, 1.165) is 30.0 Å². The Morgan fingerprint density at radius 1 is 1.39 bits per heavy atom. The highest BCUT2D eigenvalue weighted by atomic mass is 16.5. The summed E-state index contributed by atoms with van der Waals surface area (Å²) in [5, 5.41) is 7.60. The van der Waals surface area contributed by atoms with Crippen LogP contribution < -0.4 is 15.4 Å². The van der Waals surface area contributed by atoms with Gasteiger partial charge in [-0.2, -0.15) is 0 Å². The van der Waals surface area contributed by atoms with Crippen molar-refractivity contribution in [1.29, 1.82) is 5.41 Å². The van der Waals surface area contributed by atoms with Gasteiger partial charge in [0.15, 0.2) is 0 Å². The molecule has 0 heterocycles. The summed E-state index contributed by atoms with van der Waals surface area (Å²) >= 11 is 0. The van der Waals surface area contributed by atoms with Crippen LogP contribution in [0, 0.1) is 5.41 Å². The topological polar surface area (TPSA) is 71.6 Å². The summed E-state index contributed by atoms with van der Waals surface area (Å²) in [6, 6.07) is 5.51. The molecule has 1 aromatic rings. The third-order valence-corrected chi connectivity index (χ3v) is 2.75. The minimum Gasteiger partial charge on any atom is -0.497 e. The average molecular weight is 251 g/mol. The van der Waals surface area contributed by atoms with Gasteiger partial charge in [0.2, 0.25) is 0 Å². The Morgan fingerprint density at radius 3 is 2.67 bits per heavy atom. The first-order chi connectivity index (χ1) is 8.60. The summed E-state index contributed by atoms with van der Waals surface area (Å²) in [7, 11) is 5.28. The summed E-state index contributed by atoms with van der Waals surface area (Å²) in [4.78, 5) is 2.05. The van der Waals surface area contributed by atoms with Crippen molar-refractivity contribution >= 4 is 11.5 Å². The summed E-state index contributed by atoms with van der Waals surface area (Å²) in [6.45, 7) is 1.55. The van der Waals surface area contributed by atoms with Crippen molar-refractivity contribution in [3.8, 4) is 5.75 Å². The van der Waals surface area contributed by atoms with Gasteiger partial charge in [-0.1, -0.05) is 0 Å². The quantitative estimate of drug-likeness (QED) is 0.437. The van der Waals surface area contributed by atoms with Crippen LogP contribution in [0.4, 0.5) is 5.69 Å². The number of hydrogen-bond acceptors (Lipinski definition) is 4. The SMILES string of the molecule is COCCCN(C)c1cc(OC)ccc1C(=N)N. The molecule has 0 bridgehead atoms. The highest BCUT2D eigenvalue weighted by Gasteiger charge is 2.11. The first-order valence-electron chi connectivity index (χ1n) is 5.82. The maximum absolute atomic E-state index is 7.60. The van der Waals surface area contributed by atoms with E-state index in [1.165, 1.54) is 0 Å². The van der Waals surface area contributed by atoms with E-state index in [9.17, 15) is 0 Å². The molecule has 0 fully saturated rings. The van der Waals surface area contributed by atoms with Crippen LogP contribution in [0.3, 0.4) is 0 Å². The molecule has 1 aromatic carbocycles. The summed E-state index contributed by atoms with van der Waals surface area (Å²) in [6.07, 6.45) is 0.918. The van der Waals surface area contributed by atoms with Gasteiger partial charge in [0.05, 0.1) is 12.8 Å². The number of methoxy groups -OCH3 is 2. The molecule has 0 atom stereocenters. The number of ether oxygens (including phenoxy) is 2. The normalized spacial score (nSPS) is 10.2. The third-order valence-electron chi connectivity index (χ3n) is 2.75. The smallest absolute Gasteiger partial charge is 0.124 e. The van der Waals surface area contributed by atoms with Gasteiger partial charge in [-0.05, 0) is 18.6 Å². The number of rotatable bonds is 7. The van der Waals surface area contributed by atoms with Gasteiger partial charge < -0.3 is 20.1 Å². The standard InChI is InChI=1S/C13H21N3O2/c1-16(7-4-8-17-2)12-9-10(18-3)5-6-11(12)13(14)15/h5-6,9H,4,7-8H2,1-3H3,(H3,14,15). The lowest BCUT2D eigenvalue weighted by Crippen LogP contribution is -2.24. The fourth-order valence-corrected chi connectivity index (χ4v) is 1.75. The van der Waals surface area contributed by atoms with Gasteiger partial charge in [-0.3, -0.25) is 5.41 Å². The van der Waals surface area contributed by atoms with Crippen LogP contribution >= 0.6 is 0 Å². The number of nitrogens with one attached hydrogen (secondary N) is 1. The fourth-order valence-electron chi connectivity index (χ4n) is 1.75. The largest absolute Gasteiger partial charge is 0.497 e. The Hall–Kier alpha value is -1.75. The minimum atomic E-state index is 0.0613. The number of amidine groups is 1. The second-order valence-corrected chi connectivity index (χ2v) is 4.06. The van der Waals surface area contributed by atoms with Crippen LogP contribution in [0.1, 0.15) is 12.0 Å². The molecule has 5 heteroatoms. The highest BCUT2D eigenvalue weighted by molar-refractivity contribution is 6.00. The van der Waals surface area contributed by atoms with E-state index < -0.39 is 0 Å². The van der Waals surface area contributed by atoms with Crippen LogP contribution in [0.15, 0.2) is 18.2 Å². The highest BCUT2D eigenvalue weighted by Crippen LogP contribution is 2.25. The van der Waals surface area contributed by atoms with Crippen molar-refractivity contribution in [2.75, 3.05) is 39.3 Å². The summed E-state index contributed by atoms with van der Waals surface area (Å²) in [5.74, 6) is 0.819. The lowest BCUT2D eigenvalue weighted by atomic mass is 10.1. The molecule has 0 aromatic heterocycles. The van der Waals surface area contributed by atoms with Crippen LogP contribution in [-0.2, 0) is 4.74 Å². The van der Waals surface area contributed by atoms with E-state index in [4.69, 9.17) is 20.6 Å². The molecule has 0 radical (unpaired) electrons. The monoisotopic (exact) mass is 251 g/mol. The molecule has 0 saturated carbocycles. The van der Waals surface area contributed by atoms with Gasteiger partial charge in [0, 0.05) is 38.9 Å². The van der Waals surface area contributed by atoms with Crippen LogP contribution in [0.25, 0.3) is 0 Å². The number of anilines is 1. The first-order valence-corrected chi connectivity index (χ1v) is 5.82. The van der Waals surface area contributed by atoms with E-state index in [0.29, 0.717) is 6.61 Å². The molecular weight excluding hydrogens is 230 g/mol. The van der Waals surface area contributed by atoms with E-state index >= 15 is 0 Å². The summed E-state index contributed by atoms with van der Waals surface area (Å²) < 4.78 is 10.2. The fraction of sp³-hybridized carbons (Fsp3) is 0.462. The van der Waals surface area contributed by atoms with Crippen LogP contribution in [0.2, 0.25) is 0 Å². The number of nitrogens with two attached hydrogens (primary N) is 1. The predicted molar refractivity (Wildman–Crippen MR) is 73.8 cm³/mol. The van der Waals surface area contributed by atoms with Gasteiger partial charge in [0.1, 0.15) is 11.6 Å². The molecule has 0 saturated heterocycles. The molecule has 0 spiro atoms. The molecule has 100 valence electrons. The zero-order chi connectivity index (χ0) is 13.5. The molecule has 0 unspecified atom stereocenters. The lowest BCUT2D eigenvalue weighted by Gasteiger charge is -2.22. The Bertz CT molecular complexity index is 407. The maximum Gasteiger partial charge on any atom is 0.124 e. The van der Waals surface area contributed by atoms with Gasteiger partial charge >= 0.3 is 0 Å². The van der Waals surface area contributed by atoms with Crippen molar-refractivity contribution < 1.29 is 9.47 Å². The predicted octanol–water partition coefficient (Wildman–Crippen LogP) is 1.45. The van der Waals surface area contributed by atoms with E-state index in [-0.39, 0.29) is 5.84 Å². The van der Waals surface area contributed by atoms with E-state index in [1.54, 1.807) is 14.2 Å². The Morgan fingerprint density at radius 2 is 2.11 bits per heavy atom. The van der Waals surface area contributed by atoms with Crippen LogP contribution in [-0.4, -0.2) is 40.3 Å². The maximum atomic E-state index is 7.60. The molecule has 0 aliphatic rings. The third kappa shape index (κ3) is 3.63. The van der Waals surface area contributed by atoms with E-state index in [1.807, 2.05) is 25.2 Å². The molecular formula is C13H21N3O2. The molecule has 0 aliphatic heterocycles. The lowest BCUT2D eigenvalue weighted by molar-refractivity contribution is 0.196. The number of nitrogen functional groups attached to an aromatic ring is 1. The molecule has 0 aliphatic carbocycles. The van der Waals surface area contributed by atoms with E-state index in [2.05, 4.69) is 4.90 Å². The van der Waals surface area contributed by atoms with Crippen molar-refractivity contribution in [1.82, 2.24) is 0 Å². The Kier molecular flexibility index (Phi) is 5.45. The van der Waals surface area contributed by atoms with Gasteiger partial charge in [0.25, 0.3) is 0 Å². The molecule has 0 amide bonds. The zero-order valence-corrected chi connectivity index (χ0v) is 11.2. The average Bonchev–Trinajstić information content (AvgIpc) is 2.38. The zero-order valence-electron chi connectivity index (χ0n) is 11.2. The van der Waals surface area contributed by atoms with Crippen molar-refractivity contribution in [3.05, 3.63) is 23.8 Å². The van der Waals surface area contributed by atoms with Crippen molar-refractivity contribution in [2.45, 2.75) is 6.42 Å². The second kappa shape index (κ2) is 6.86. The number of nitrogens with zero attached hydrogens (tertiary/aromatic N) is 1. The molecule has 18 heavy (non-hydrogen) atoms. The van der Waals surface area contributed by atoms with Crippen molar-refractivity contribution in [2.24, 2.45) is 5.73 Å². The van der Waals surface area contributed by atoms with Crippen molar-refractivity contribution in [3.63, 3.8) is 0 Å². The van der Waals surface area contributed by atoms with Crippen LogP contribution in [0.5, 0.6) is 5.75 Å². The number of benzene rings is 1. The minimum absolute atomic E-state index is 0.0613. The molecule has 3 N–H and O–H groups in total.